The monoisotopic (exact) mass is 377 g/mol. The number of urea groups is 1. The fourth-order valence-electron chi connectivity index (χ4n) is 2.76. The number of nitrogens with one attached hydrogen (secondary N) is 1. The topological polar surface area (TPSA) is 44.8 Å². The lowest BCUT2D eigenvalue weighted by Crippen LogP contribution is -2.50. The average molecular weight is 378 g/mol. The van der Waals surface area contributed by atoms with Crippen molar-refractivity contribution in [3.8, 4) is 5.75 Å². The van der Waals surface area contributed by atoms with E-state index in [9.17, 15) is 9.18 Å². The van der Waals surface area contributed by atoms with Gasteiger partial charge in [0.15, 0.2) is 0 Å². The van der Waals surface area contributed by atoms with Gasteiger partial charge in [0.05, 0.1) is 5.02 Å². The summed E-state index contributed by atoms with van der Waals surface area (Å²) in [5, 5.41) is 2.74. The van der Waals surface area contributed by atoms with Crippen molar-refractivity contribution in [1.29, 1.82) is 0 Å². The van der Waals surface area contributed by atoms with Gasteiger partial charge in [-0.2, -0.15) is 0 Å². The Balaban J connectivity index is 1.40. The molecule has 1 N–H and O–H groups in total. The second kappa shape index (κ2) is 8.87. The zero-order chi connectivity index (χ0) is 18.4. The van der Waals surface area contributed by atoms with Gasteiger partial charge in [-0.15, -0.1) is 0 Å². The van der Waals surface area contributed by atoms with Crippen LogP contribution in [-0.2, 0) is 0 Å². The quantitative estimate of drug-likeness (QED) is 0.864. The van der Waals surface area contributed by atoms with Crippen LogP contribution in [0.4, 0.5) is 14.9 Å². The molecule has 1 heterocycles. The number of benzene rings is 2. The molecule has 0 radical (unpaired) electrons. The lowest BCUT2D eigenvalue weighted by atomic mass is 10.3. The molecule has 1 saturated heterocycles. The molecule has 0 unspecified atom stereocenters. The molecule has 138 valence electrons. The van der Waals surface area contributed by atoms with Crippen molar-refractivity contribution in [2.75, 3.05) is 44.6 Å². The van der Waals surface area contributed by atoms with E-state index in [2.05, 4.69) is 10.2 Å². The van der Waals surface area contributed by atoms with Crippen LogP contribution in [0, 0.1) is 5.82 Å². The normalized spacial score (nSPS) is 14.9. The number of anilines is 1. The van der Waals surface area contributed by atoms with E-state index in [1.807, 2.05) is 30.3 Å². The number of nitrogens with zero attached hydrogens (tertiary/aromatic N) is 2. The molecule has 1 fully saturated rings. The van der Waals surface area contributed by atoms with Crippen LogP contribution in [0.25, 0.3) is 0 Å². The molecule has 0 spiro atoms. The van der Waals surface area contributed by atoms with Crippen LogP contribution in [-0.4, -0.2) is 55.2 Å². The largest absolute Gasteiger partial charge is 0.492 e. The Morgan fingerprint density at radius 2 is 1.85 bits per heavy atom. The summed E-state index contributed by atoms with van der Waals surface area (Å²) in [6.07, 6.45) is 0. The average Bonchev–Trinajstić information content (AvgIpc) is 2.66. The van der Waals surface area contributed by atoms with Gasteiger partial charge in [-0.3, -0.25) is 4.90 Å². The van der Waals surface area contributed by atoms with Gasteiger partial charge in [0, 0.05) is 38.4 Å². The highest BCUT2D eigenvalue weighted by atomic mass is 35.5. The maximum absolute atomic E-state index is 13.2. The van der Waals surface area contributed by atoms with E-state index >= 15 is 0 Å². The summed E-state index contributed by atoms with van der Waals surface area (Å²) < 4.78 is 18.9. The molecule has 0 atom stereocenters. The second-order valence-corrected chi connectivity index (χ2v) is 6.46. The number of rotatable bonds is 5. The molecule has 3 rings (SSSR count). The van der Waals surface area contributed by atoms with Crippen molar-refractivity contribution >= 4 is 23.3 Å². The predicted molar refractivity (Wildman–Crippen MR) is 100 cm³/mol. The summed E-state index contributed by atoms with van der Waals surface area (Å²) >= 11 is 5.74. The maximum atomic E-state index is 13.2. The summed E-state index contributed by atoms with van der Waals surface area (Å²) in [7, 11) is 0. The molecule has 1 aliphatic heterocycles. The lowest BCUT2D eigenvalue weighted by Gasteiger charge is -2.34. The minimum atomic E-state index is -0.504. The Kier molecular flexibility index (Phi) is 6.30. The second-order valence-electron chi connectivity index (χ2n) is 6.05. The number of amides is 2. The van der Waals surface area contributed by atoms with Gasteiger partial charge in [0.2, 0.25) is 0 Å². The Bertz CT molecular complexity index is 737. The van der Waals surface area contributed by atoms with Crippen LogP contribution in [0.5, 0.6) is 5.75 Å². The summed E-state index contributed by atoms with van der Waals surface area (Å²) in [5.74, 6) is 0.361. The van der Waals surface area contributed by atoms with E-state index in [1.54, 1.807) is 4.90 Å². The van der Waals surface area contributed by atoms with Gasteiger partial charge < -0.3 is 15.0 Å². The van der Waals surface area contributed by atoms with Crippen LogP contribution in [0.15, 0.2) is 48.5 Å². The Labute approximate surface area is 157 Å². The Hall–Kier alpha value is -2.31. The predicted octanol–water partition coefficient (Wildman–Crippen LogP) is 3.71. The standard InChI is InChI=1S/C19H21ClFN3O2/c20-17-14-15(6-7-18(17)21)22-19(25)24-10-8-23(9-11-24)12-13-26-16-4-2-1-3-5-16/h1-7,14H,8-13H2,(H,22,25). The molecule has 7 heteroatoms. The zero-order valence-electron chi connectivity index (χ0n) is 14.3. The third kappa shape index (κ3) is 5.09. The third-order valence-electron chi connectivity index (χ3n) is 4.25. The Morgan fingerprint density at radius 1 is 1.12 bits per heavy atom. The molecule has 2 aromatic carbocycles. The van der Waals surface area contributed by atoms with Gasteiger partial charge >= 0.3 is 6.03 Å². The van der Waals surface area contributed by atoms with E-state index in [0.717, 1.165) is 25.4 Å². The smallest absolute Gasteiger partial charge is 0.321 e. The summed E-state index contributed by atoms with van der Waals surface area (Å²) in [4.78, 5) is 16.3. The maximum Gasteiger partial charge on any atom is 0.321 e. The fraction of sp³-hybridized carbons (Fsp3) is 0.316. The number of ether oxygens (including phenoxy) is 1. The number of hydrogen-bond donors (Lipinski definition) is 1. The first-order chi connectivity index (χ1) is 12.6. The van der Waals surface area contributed by atoms with Crippen LogP contribution >= 0.6 is 11.6 Å². The number of hydrogen-bond acceptors (Lipinski definition) is 3. The van der Waals surface area contributed by atoms with Gasteiger partial charge in [-0.1, -0.05) is 29.8 Å². The molecule has 0 aromatic heterocycles. The highest BCUT2D eigenvalue weighted by Crippen LogP contribution is 2.19. The van der Waals surface area contributed by atoms with E-state index in [4.69, 9.17) is 16.3 Å². The van der Waals surface area contributed by atoms with Crippen molar-refractivity contribution in [3.05, 3.63) is 59.4 Å². The number of halogens is 2. The van der Waals surface area contributed by atoms with E-state index < -0.39 is 5.82 Å². The van der Waals surface area contributed by atoms with Crippen molar-refractivity contribution in [1.82, 2.24) is 9.80 Å². The summed E-state index contributed by atoms with van der Waals surface area (Å²) in [6.45, 7) is 4.27. The Morgan fingerprint density at radius 3 is 2.54 bits per heavy atom. The molecule has 26 heavy (non-hydrogen) atoms. The fourth-order valence-corrected chi connectivity index (χ4v) is 2.94. The van der Waals surface area contributed by atoms with Gasteiger partial charge in [-0.05, 0) is 30.3 Å². The molecule has 2 aromatic rings. The number of piperazine rings is 1. The first-order valence-electron chi connectivity index (χ1n) is 8.53. The molecular formula is C19H21ClFN3O2. The van der Waals surface area contributed by atoms with Crippen molar-refractivity contribution in [2.45, 2.75) is 0 Å². The number of para-hydroxylation sites is 1. The highest BCUT2D eigenvalue weighted by Gasteiger charge is 2.21. The zero-order valence-corrected chi connectivity index (χ0v) is 15.1. The number of carbonyl (C=O) groups is 1. The number of carbonyl (C=O) groups excluding carboxylic acids is 1. The van der Waals surface area contributed by atoms with Crippen molar-refractivity contribution in [3.63, 3.8) is 0 Å². The molecule has 0 saturated carbocycles. The molecule has 5 nitrogen and oxygen atoms in total. The molecule has 0 bridgehead atoms. The van der Waals surface area contributed by atoms with Crippen molar-refractivity contribution < 1.29 is 13.9 Å². The van der Waals surface area contributed by atoms with E-state index in [1.165, 1.54) is 18.2 Å². The van der Waals surface area contributed by atoms with Gasteiger partial charge in [-0.25, -0.2) is 9.18 Å². The van der Waals surface area contributed by atoms with Gasteiger partial charge in [0.25, 0.3) is 0 Å². The van der Waals surface area contributed by atoms with E-state index in [-0.39, 0.29) is 11.1 Å². The van der Waals surface area contributed by atoms with Crippen LogP contribution in [0.3, 0.4) is 0 Å². The third-order valence-corrected chi connectivity index (χ3v) is 4.54. The van der Waals surface area contributed by atoms with Crippen LogP contribution in [0.1, 0.15) is 0 Å². The molecular weight excluding hydrogens is 357 g/mol. The SMILES string of the molecule is O=C(Nc1ccc(F)c(Cl)c1)N1CCN(CCOc2ccccc2)CC1. The molecule has 0 aliphatic carbocycles. The molecule has 1 aliphatic rings. The first-order valence-corrected chi connectivity index (χ1v) is 8.91. The van der Waals surface area contributed by atoms with Crippen molar-refractivity contribution in [2.24, 2.45) is 0 Å². The lowest BCUT2D eigenvalue weighted by molar-refractivity contribution is 0.132. The summed E-state index contributed by atoms with van der Waals surface area (Å²) in [6, 6.07) is 13.7. The highest BCUT2D eigenvalue weighted by molar-refractivity contribution is 6.31. The minimum absolute atomic E-state index is 0.00830. The summed E-state index contributed by atoms with van der Waals surface area (Å²) in [5.41, 5.74) is 0.486. The van der Waals surface area contributed by atoms with Crippen LogP contribution in [0.2, 0.25) is 5.02 Å². The minimum Gasteiger partial charge on any atom is -0.492 e. The van der Waals surface area contributed by atoms with Gasteiger partial charge in [0.1, 0.15) is 18.2 Å². The van der Waals surface area contributed by atoms with Crippen LogP contribution < -0.4 is 10.1 Å². The first kappa shape index (κ1) is 18.5. The molecule has 2 amide bonds. The van der Waals surface area contributed by atoms with E-state index in [0.29, 0.717) is 25.4 Å².